The molecular weight excluding hydrogens is 330 g/mol. The van der Waals surface area contributed by atoms with Crippen LogP contribution in [0.1, 0.15) is 40.3 Å². The number of nitrogens with one attached hydrogen (secondary N) is 1. The molecule has 2 aromatic rings. The summed E-state index contributed by atoms with van der Waals surface area (Å²) in [6.45, 7) is 7.69. The van der Waals surface area contributed by atoms with Gasteiger partial charge in [0.25, 0.3) is 0 Å². The summed E-state index contributed by atoms with van der Waals surface area (Å²) in [6.07, 6.45) is 2.21. The molecule has 1 aromatic carbocycles. The average Bonchev–Trinajstić information content (AvgIpc) is 2.74. The molecule has 0 saturated heterocycles. The quantitative estimate of drug-likeness (QED) is 0.733. The standard InChI is InChI=1S/C17H22BrNS/c1-4-8-19-16(17-9-12(2)13(3)20-17)11-14-6-5-7-15(18)10-14/h5-7,9-10,16,19H,4,8,11H2,1-3H3. The number of thiophene rings is 1. The molecule has 0 spiro atoms. The average molecular weight is 352 g/mol. The minimum atomic E-state index is 0.418. The van der Waals surface area contributed by atoms with Gasteiger partial charge in [0.05, 0.1) is 0 Å². The molecule has 2 rings (SSSR count). The van der Waals surface area contributed by atoms with Crippen molar-refractivity contribution in [1.29, 1.82) is 0 Å². The molecule has 0 amide bonds. The topological polar surface area (TPSA) is 12.0 Å². The molecule has 0 saturated carbocycles. The number of rotatable bonds is 6. The summed E-state index contributed by atoms with van der Waals surface area (Å²) in [4.78, 5) is 2.88. The maximum Gasteiger partial charge on any atom is 0.0455 e. The first-order valence-electron chi connectivity index (χ1n) is 7.15. The highest BCUT2D eigenvalue weighted by atomic mass is 79.9. The largest absolute Gasteiger partial charge is 0.309 e. The van der Waals surface area contributed by atoms with Crippen molar-refractivity contribution >= 4 is 27.3 Å². The van der Waals surface area contributed by atoms with Crippen LogP contribution in [0.3, 0.4) is 0 Å². The van der Waals surface area contributed by atoms with Gasteiger partial charge in [-0.25, -0.2) is 0 Å². The highest BCUT2D eigenvalue weighted by molar-refractivity contribution is 9.10. The zero-order valence-corrected chi connectivity index (χ0v) is 14.8. The Labute approximate surface area is 134 Å². The summed E-state index contributed by atoms with van der Waals surface area (Å²) in [5, 5.41) is 3.69. The monoisotopic (exact) mass is 351 g/mol. The van der Waals surface area contributed by atoms with Crippen LogP contribution in [0, 0.1) is 13.8 Å². The second-order valence-electron chi connectivity index (χ2n) is 5.23. The lowest BCUT2D eigenvalue weighted by atomic mass is 10.0. The summed E-state index contributed by atoms with van der Waals surface area (Å²) in [5.74, 6) is 0. The Kier molecular flexibility index (Phi) is 5.82. The van der Waals surface area contributed by atoms with Crippen LogP contribution < -0.4 is 5.32 Å². The van der Waals surface area contributed by atoms with E-state index in [1.54, 1.807) is 0 Å². The molecule has 1 aromatic heterocycles. The molecule has 1 unspecified atom stereocenters. The zero-order valence-electron chi connectivity index (χ0n) is 12.4. The maximum absolute atomic E-state index is 3.69. The van der Waals surface area contributed by atoms with Crippen molar-refractivity contribution in [1.82, 2.24) is 5.32 Å². The van der Waals surface area contributed by atoms with Crippen molar-refractivity contribution in [3.05, 3.63) is 55.7 Å². The summed E-state index contributed by atoms with van der Waals surface area (Å²) in [7, 11) is 0. The minimum Gasteiger partial charge on any atom is -0.309 e. The first kappa shape index (κ1) is 15.7. The number of benzene rings is 1. The van der Waals surface area contributed by atoms with E-state index in [1.807, 2.05) is 11.3 Å². The van der Waals surface area contributed by atoms with E-state index in [2.05, 4.69) is 72.3 Å². The molecule has 1 N–H and O–H groups in total. The summed E-state index contributed by atoms with van der Waals surface area (Å²) < 4.78 is 1.16. The molecule has 1 atom stereocenters. The highest BCUT2D eigenvalue weighted by Crippen LogP contribution is 2.29. The number of halogens is 1. The predicted octanol–water partition coefficient (Wildman–Crippen LogP) is 5.41. The van der Waals surface area contributed by atoms with Gasteiger partial charge in [-0.2, -0.15) is 0 Å². The highest BCUT2D eigenvalue weighted by Gasteiger charge is 2.15. The van der Waals surface area contributed by atoms with Gasteiger partial charge in [0.1, 0.15) is 0 Å². The summed E-state index contributed by atoms with van der Waals surface area (Å²) in [6, 6.07) is 11.4. The molecule has 108 valence electrons. The van der Waals surface area contributed by atoms with Gasteiger partial charge < -0.3 is 5.32 Å². The van der Waals surface area contributed by atoms with E-state index in [0.717, 1.165) is 17.4 Å². The number of hydrogen-bond donors (Lipinski definition) is 1. The van der Waals surface area contributed by atoms with E-state index in [-0.39, 0.29) is 0 Å². The van der Waals surface area contributed by atoms with Crippen molar-refractivity contribution in [2.45, 2.75) is 39.7 Å². The molecule has 0 bridgehead atoms. The number of aryl methyl sites for hydroxylation is 2. The lowest BCUT2D eigenvalue weighted by molar-refractivity contribution is 0.536. The van der Waals surface area contributed by atoms with Crippen LogP contribution in [0.4, 0.5) is 0 Å². The van der Waals surface area contributed by atoms with E-state index >= 15 is 0 Å². The molecule has 0 aliphatic carbocycles. The first-order chi connectivity index (χ1) is 9.60. The van der Waals surface area contributed by atoms with Crippen LogP contribution in [0.2, 0.25) is 0 Å². The van der Waals surface area contributed by atoms with Gasteiger partial charge in [0.2, 0.25) is 0 Å². The molecule has 0 aliphatic heterocycles. The lowest BCUT2D eigenvalue weighted by Crippen LogP contribution is -2.23. The Morgan fingerprint density at radius 2 is 2.05 bits per heavy atom. The Balaban J connectivity index is 2.19. The van der Waals surface area contributed by atoms with Crippen molar-refractivity contribution in [2.75, 3.05) is 6.54 Å². The molecule has 20 heavy (non-hydrogen) atoms. The van der Waals surface area contributed by atoms with Crippen LogP contribution in [0.15, 0.2) is 34.8 Å². The molecule has 3 heteroatoms. The fraction of sp³-hybridized carbons (Fsp3) is 0.412. The Bertz CT molecular complexity index is 542. The molecular formula is C17H22BrNS. The van der Waals surface area contributed by atoms with E-state index < -0.39 is 0 Å². The third-order valence-corrected chi connectivity index (χ3v) is 5.26. The Morgan fingerprint density at radius 3 is 2.65 bits per heavy atom. The Morgan fingerprint density at radius 1 is 1.25 bits per heavy atom. The van der Waals surface area contributed by atoms with Gasteiger partial charge >= 0.3 is 0 Å². The molecule has 1 heterocycles. The van der Waals surface area contributed by atoms with Crippen LogP contribution in [-0.2, 0) is 6.42 Å². The van der Waals surface area contributed by atoms with Crippen LogP contribution in [0.25, 0.3) is 0 Å². The van der Waals surface area contributed by atoms with Crippen molar-refractivity contribution < 1.29 is 0 Å². The summed E-state index contributed by atoms with van der Waals surface area (Å²) in [5.41, 5.74) is 2.78. The third-order valence-electron chi connectivity index (χ3n) is 3.50. The Hall–Kier alpha value is -0.640. The minimum absolute atomic E-state index is 0.418. The summed E-state index contributed by atoms with van der Waals surface area (Å²) >= 11 is 5.48. The molecule has 0 fully saturated rings. The lowest BCUT2D eigenvalue weighted by Gasteiger charge is -2.17. The van der Waals surface area contributed by atoms with Crippen molar-refractivity contribution in [2.24, 2.45) is 0 Å². The predicted molar refractivity (Wildman–Crippen MR) is 92.7 cm³/mol. The molecule has 0 aliphatic rings. The second kappa shape index (κ2) is 7.39. The normalized spacial score (nSPS) is 12.6. The zero-order chi connectivity index (χ0) is 14.5. The number of hydrogen-bond acceptors (Lipinski definition) is 2. The van der Waals surface area contributed by atoms with E-state index in [0.29, 0.717) is 6.04 Å². The first-order valence-corrected chi connectivity index (χ1v) is 8.76. The maximum atomic E-state index is 3.69. The van der Waals surface area contributed by atoms with Gasteiger partial charge in [-0.3, -0.25) is 0 Å². The van der Waals surface area contributed by atoms with Crippen LogP contribution >= 0.6 is 27.3 Å². The van der Waals surface area contributed by atoms with Gasteiger partial charge in [0.15, 0.2) is 0 Å². The second-order valence-corrected chi connectivity index (χ2v) is 7.43. The van der Waals surface area contributed by atoms with E-state index in [1.165, 1.54) is 27.3 Å². The van der Waals surface area contributed by atoms with Gasteiger partial charge in [-0.05, 0) is 62.6 Å². The fourth-order valence-corrected chi connectivity index (χ4v) is 3.83. The van der Waals surface area contributed by atoms with Gasteiger partial charge in [-0.1, -0.05) is 35.0 Å². The van der Waals surface area contributed by atoms with Gasteiger partial charge in [0, 0.05) is 20.3 Å². The fourth-order valence-electron chi connectivity index (χ4n) is 2.27. The van der Waals surface area contributed by atoms with E-state index in [4.69, 9.17) is 0 Å². The van der Waals surface area contributed by atoms with Crippen LogP contribution in [-0.4, -0.2) is 6.54 Å². The van der Waals surface area contributed by atoms with Crippen molar-refractivity contribution in [3.8, 4) is 0 Å². The van der Waals surface area contributed by atoms with Crippen molar-refractivity contribution in [3.63, 3.8) is 0 Å². The third kappa shape index (κ3) is 4.18. The SMILES string of the molecule is CCCNC(Cc1cccc(Br)c1)c1cc(C)c(C)s1. The van der Waals surface area contributed by atoms with E-state index in [9.17, 15) is 0 Å². The molecule has 1 nitrogen and oxygen atoms in total. The van der Waals surface area contributed by atoms with Crippen LogP contribution in [0.5, 0.6) is 0 Å². The molecule has 0 radical (unpaired) electrons. The van der Waals surface area contributed by atoms with Gasteiger partial charge in [-0.15, -0.1) is 11.3 Å². The smallest absolute Gasteiger partial charge is 0.0455 e.